The normalized spacial score (nSPS) is 22.4. The number of hydrogen-bond acceptors (Lipinski definition) is 5. The smallest absolute Gasteiger partial charge is 0.263 e. The van der Waals surface area contributed by atoms with Gasteiger partial charge in [0.1, 0.15) is 11.6 Å². The van der Waals surface area contributed by atoms with Gasteiger partial charge in [-0.3, -0.25) is 4.79 Å². The Kier molecular flexibility index (Phi) is 6.21. The van der Waals surface area contributed by atoms with Crippen LogP contribution in [0.1, 0.15) is 33.6 Å². The summed E-state index contributed by atoms with van der Waals surface area (Å²) in [5, 5.41) is 11.9. The molecule has 0 aromatic heterocycles. The highest BCUT2D eigenvalue weighted by Crippen LogP contribution is 2.18. The molecule has 1 rings (SSSR count). The van der Waals surface area contributed by atoms with E-state index in [0.717, 1.165) is 6.42 Å². The highest BCUT2D eigenvalue weighted by Gasteiger charge is 2.31. The summed E-state index contributed by atoms with van der Waals surface area (Å²) in [4.78, 5) is 13.8. The average Bonchev–Trinajstić information content (AvgIpc) is 2.79. The number of nitrogens with one attached hydrogen (secondary N) is 1. The van der Waals surface area contributed by atoms with Crippen LogP contribution < -0.4 is 5.32 Å². The van der Waals surface area contributed by atoms with Gasteiger partial charge in [-0.25, -0.2) is 8.42 Å². The topological polar surface area (TPSA) is 90.3 Å². The number of hydrogen-bond donors (Lipinski definition) is 1. The van der Waals surface area contributed by atoms with E-state index >= 15 is 0 Å². The number of amides is 1. The van der Waals surface area contributed by atoms with Crippen molar-refractivity contribution in [1.82, 2.24) is 10.2 Å². The van der Waals surface area contributed by atoms with Crippen LogP contribution in [0.5, 0.6) is 0 Å². The molecule has 0 aromatic carbocycles. The molecule has 1 N–H and O–H groups in total. The predicted octanol–water partition coefficient (Wildman–Crippen LogP) is 0.818. The minimum atomic E-state index is -2.99. The fraction of sp³-hybridized carbons (Fsp3) is 0.714. The maximum Gasteiger partial charge on any atom is 0.263 e. The van der Waals surface area contributed by atoms with E-state index in [0.29, 0.717) is 13.0 Å². The Bertz CT molecular complexity index is 548. The van der Waals surface area contributed by atoms with Crippen molar-refractivity contribution in [3.05, 3.63) is 11.8 Å². The van der Waals surface area contributed by atoms with Gasteiger partial charge in [-0.05, 0) is 26.7 Å². The van der Waals surface area contributed by atoms with Crippen LogP contribution in [-0.4, -0.2) is 49.4 Å². The van der Waals surface area contributed by atoms with Crippen LogP contribution in [0, 0.1) is 11.3 Å². The van der Waals surface area contributed by atoms with E-state index in [1.54, 1.807) is 4.90 Å². The number of sulfone groups is 1. The predicted molar refractivity (Wildman–Crippen MR) is 81.0 cm³/mol. The molecular weight excluding hydrogens is 290 g/mol. The van der Waals surface area contributed by atoms with Crippen LogP contribution in [0.2, 0.25) is 0 Å². The number of rotatable bonds is 6. The Morgan fingerprint density at radius 2 is 2.19 bits per heavy atom. The van der Waals surface area contributed by atoms with E-state index in [-0.39, 0.29) is 29.2 Å². The SMILES string of the molecule is CCC(C)NC(=O)/C(C#N)=C\N(CC)C1CCS(=O)(=O)C1. The summed E-state index contributed by atoms with van der Waals surface area (Å²) in [7, 11) is -2.99. The van der Waals surface area contributed by atoms with Gasteiger partial charge in [0.2, 0.25) is 0 Å². The maximum absolute atomic E-state index is 12.0. The minimum absolute atomic E-state index is 0.00353. The number of nitrogens with zero attached hydrogens (tertiary/aromatic N) is 2. The molecule has 1 aliphatic rings. The van der Waals surface area contributed by atoms with Gasteiger partial charge in [0.15, 0.2) is 9.84 Å². The first-order valence-corrected chi connectivity index (χ1v) is 9.04. The van der Waals surface area contributed by atoms with Gasteiger partial charge in [-0.2, -0.15) is 5.26 Å². The Morgan fingerprint density at radius 3 is 2.62 bits per heavy atom. The molecule has 7 heteroatoms. The standard InChI is InChI=1S/C14H23N3O3S/c1-4-11(3)16-14(18)12(8-15)9-17(5-2)13-6-7-21(19,20)10-13/h9,11,13H,4-7,10H2,1-3H3,(H,16,18)/b12-9-. The van der Waals surface area contributed by atoms with Crippen molar-refractivity contribution in [2.75, 3.05) is 18.1 Å². The first-order valence-electron chi connectivity index (χ1n) is 7.21. The van der Waals surface area contributed by atoms with Crippen molar-refractivity contribution in [1.29, 1.82) is 5.26 Å². The van der Waals surface area contributed by atoms with E-state index < -0.39 is 15.7 Å². The van der Waals surface area contributed by atoms with E-state index in [9.17, 15) is 13.2 Å². The van der Waals surface area contributed by atoms with Crippen LogP contribution in [-0.2, 0) is 14.6 Å². The van der Waals surface area contributed by atoms with Crippen molar-refractivity contribution < 1.29 is 13.2 Å². The van der Waals surface area contributed by atoms with Crippen molar-refractivity contribution in [3.63, 3.8) is 0 Å². The quantitative estimate of drug-likeness (QED) is 0.579. The van der Waals surface area contributed by atoms with Crippen LogP contribution in [0.15, 0.2) is 11.8 Å². The van der Waals surface area contributed by atoms with Crippen LogP contribution in [0.25, 0.3) is 0 Å². The first-order chi connectivity index (χ1) is 9.82. The summed E-state index contributed by atoms with van der Waals surface area (Å²) in [6.07, 6.45) is 2.81. The third-order valence-corrected chi connectivity index (χ3v) is 5.44. The van der Waals surface area contributed by atoms with Gasteiger partial charge < -0.3 is 10.2 Å². The molecule has 2 unspecified atom stereocenters. The molecule has 118 valence electrons. The van der Waals surface area contributed by atoms with Crippen molar-refractivity contribution in [2.45, 2.75) is 45.7 Å². The number of nitriles is 1. The summed E-state index contributed by atoms with van der Waals surface area (Å²) < 4.78 is 23.1. The Morgan fingerprint density at radius 1 is 1.52 bits per heavy atom. The molecule has 0 bridgehead atoms. The summed E-state index contributed by atoms with van der Waals surface area (Å²) >= 11 is 0. The zero-order valence-corrected chi connectivity index (χ0v) is 13.6. The van der Waals surface area contributed by atoms with Gasteiger partial charge >= 0.3 is 0 Å². The number of carbonyl (C=O) groups is 1. The summed E-state index contributed by atoms with van der Waals surface area (Å²) in [5.74, 6) is -0.155. The van der Waals surface area contributed by atoms with E-state index in [4.69, 9.17) is 5.26 Å². The van der Waals surface area contributed by atoms with E-state index in [1.165, 1.54) is 6.20 Å². The molecule has 0 aromatic rings. The van der Waals surface area contributed by atoms with Crippen molar-refractivity contribution in [2.24, 2.45) is 0 Å². The molecular formula is C14H23N3O3S. The lowest BCUT2D eigenvalue weighted by atomic mass is 10.2. The van der Waals surface area contributed by atoms with Gasteiger partial charge in [-0.15, -0.1) is 0 Å². The van der Waals surface area contributed by atoms with Crippen molar-refractivity contribution in [3.8, 4) is 6.07 Å². The minimum Gasteiger partial charge on any atom is -0.372 e. The highest BCUT2D eigenvalue weighted by atomic mass is 32.2. The van der Waals surface area contributed by atoms with E-state index in [1.807, 2.05) is 26.8 Å². The fourth-order valence-electron chi connectivity index (χ4n) is 2.20. The average molecular weight is 313 g/mol. The molecule has 1 amide bonds. The summed E-state index contributed by atoms with van der Waals surface area (Å²) in [5.41, 5.74) is 0.0152. The molecule has 21 heavy (non-hydrogen) atoms. The highest BCUT2D eigenvalue weighted by molar-refractivity contribution is 7.91. The van der Waals surface area contributed by atoms with Gasteiger partial charge in [0.05, 0.1) is 11.5 Å². The molecule has 0 radical (unpaired) electrons. The van der Waals surface area contributed by atoms with Gasteiger partial charge in [0.25, 0.3) is 5.91 Å². The maximum atomic E-state index is 12.0. The lowest BCUT2D eigenvalue weighted by Crippen LogP contribution is -2.36. The number of carbonyl (C=O) groups excluding carboxylic acids is 1. The lowest BCUT2D eigenvalue weighted by Gasteiger charge is -2.25. The van der Waals surface area contributed by atoms with Crippen LogP contribution in [0.4, 0.5) is 0 Å². The molecule has 1 saturated heterocycles. The molecule has 2 atom stereocenters. The lowest BCUT2D eigenvalue weighted by molar-refractivity contribution is -0.117. The second kappa shape index (κ2) is 7.46. The Labute approximate surface area is 126 Å². The summed E-state index contributed by atoms with van der Waals surface area (Å²) in [6.45, 7) is 6.25. The molecule has 0 aliphatic carbocycles. The zero-order valence-electron chi connectivity index (χ0n) is 12.8. The molecule has 6 nitrogen and oxygen atoms in total. The first kappa shape index (κ1) is 17.5. The molecule has 0 saturated carbocycles. The van der Waals surface area contributed by atoms with Gasteiger partial charge in [0, 0.05) is 24.8 Å². The Hall–Kier alpha value is -1.55. The van der Waals surface area contributed by atoms with Crippen LogP contribution in [0.3, 0.4) is 0 Å². The monoisotopic (exact) mass is 313 g/mol. The third-order valence-electron chi connectivity index (χ3n) is 3.69. The molecule has 1 heterocycles. The second-order valence-electron chi connectivity index (χ2n) is 5.32. The molecule has 0 spiro atoms. The summed E-state index contributed by atoms with van der Waals surface area (Å²) in [6, 6.07) is 1.74. The zero-order chi connectivity index (χ0) is 16.0. The largest absolute Gasteiger partial charge is 0.372 e. The molecule has 1 aliphatic heterocycles. The third kappa shape index (κ3) is 5.05. The second-order valence-corrected chi connectivity index (χ2v) is 7.55. The fourth-order valence-corrected chi connectivity index (χ4v) is 3.94. The van der Waals surface area contributed by atoms with Gasteiger partial charge in [-0.1, -0.05) is 6.92 Å². The van der Waals surface area contributed by atoms with Crippen molar-refractivity contribution >= 4 is 15.7 Å². The Balaban J connectivity index is 2.84. The van der Waals surface area contributed by atoms with E-state index in [2.05, 4.69) is 5.32 Å². The molecule has 1 fully saturated rings. The van der Waals surface area contributed by atoms with Crippen LogP contribution >= 0.6 is 0 Å².